The maximum atomic E-state index is 11.4. The second-order valence-electron chi connectivity index (χ2n) is 5.52. The summed E-state index contributed by atoms with van der Waals surface area (Å²) >= 11 is 12.2. The number of benzene rings is 1. The molecule has 1 aromatic heterocycles. The number of aromatic nitrogens is 2. The van der Waals surface area contributed by atoms with Crippen LogP contribution in [0.25, 0.3) is 0 Å². The van der Waals surface area contributed by atoms with E-state index < -0.39 is 0 Å². The topological polar surface area (TPSA) is 72.1 Å². The van der Waals surface area contributed by atoms with E-state index in [9.17, 15) is 4.79 Å². The quantitative estimate of drug-likeness (QED) is 0.920. The Morgan fingerprint density at radius 1 is 1.17 bits per heavy atom. The monoisotopic (exact) mass is 350 g/mol. The number of carbonyl (C=O) groups excluding carboxylic acids is 1. The van der Waals surface area contributed by atoms with Gasteiger partial charge in [0, 0.05) is 54.2 Å². The lowest BCUT2D eigenvalue weighted by atomic mass is 10.0. The molecule has 120 valence electrons. The Morgan fingerprint density at radius 2 is 1.91 bits per heavy atom. The summed E-state index contributed by atoms with van der Waals surface area (Å²) in [4.78, 5) is 22.0. The fourth-order valence-corrected chi connectivity index (χ4v) is 3.12. The Hall–Kier alpha value is -1.85. The Kier molecular flexibility index (Phi) is 4.68. The van der Waals surface area contributed by atoms with E-state index in [4.69, 9.17) is 28.9 Å². The summed E-state index contributed by atoms with van der Waals surface area (Å²) in [6.07, 6.45) is 3.37. The molecule has 2 aromatic rings. The van der Waals surface area contributed by atoms with Crippen LogP contribution >= 0.6 is 23.2 Å². The van der Waals surface area contributed by atoms with Gasteiger partial charge < -0.3 is 10.6 Å². The molecule has 0 atom stereocenters. The van der Waals surface area contributed by atoms with Crippen LogP contribution in [0, 0.1) is 0 Å². The molecule has 1 aliphatic heterocycles. The van der Waals surface area contributed by atoms with Gasteiger partial charge in [0.25, 0.3) is 0 Å². The molecule has 7 heteroatoms. The van der Waals surface area contributed by atoms with Crippen LogP contribution in [0.1, 0.15) is 24.0 Å². The van der Waals surface area contributed by atoms with Gasteiger partial charge in [0.1, 0.15) is 11.6 Å². The van der Waals surface area contributed by atoms with E-state index in [1.54, 1.807) is 18.3 Å². The average Bonchev–Trinajstić information content (AvgIpc) is 2.52. The average molecular weight is 351 g/mol. The zero-order chi connectivity index (χ0) is 16.4. The van der Waals surface area contributed by atoms with Gasteiger partial charge in [-0.05, 0) is 17.7 Å². The minimum atomic E-state index is 0.225. The third-order valence-electron chi connectivity index (χ3n) is 3.88. The Morgan fingerprint density at radius 3 is 2.61 bits per heavy atom. The molecule has 2 heterocycles. The number of Topliss-reactive ketones (excluding diaryl/α,β-unsaturated/α-hetero) is 1. The molecule has 0 unspecified atom stereocenters. The molecule has 23 heavy (non-hydrogen) atoms. The van der Waals surface area contributed by atoms with Crippen LogP contribution in [0.2, 0.25) is 10.0 Å². The van der Waals surface area contributed by atoms with Gasteiger partial charge in [0.15, 0.2) is 0 Å². The van der Waals surface area contributed by atoms with Crippen molar-refractivity contribution in [3.05, 3.63) is 45.6 Å². The molecule has 1 aromatic carbocycles. The highest BCUT2D eigenvalue weighted by Gasteiger charge is 2.21. The van der Waals surface area contributed by atoms with Gasteiger partial charge in [0.2, 0.25) is 5.95 Å². The molecule has 1 fully saturated rings. The molecule has 0 spiro atoms. The van der Waals surface area contributed by atoms with Crippen molar-refractivity contribution in [1.82, 2.24) is 9.97 Å². The third-order valence-corrected chi connectivity index (χ3v) is 4.46. The Bertz CT molecular complexity index is 741. The number of halogens is 2. The van der Waals surface area contributed by atoms with Crippen molar-refractivity contribution >= 4 is 40.8 Å². The fourth-order valence-electron chi connectivity index (χ4n) is 2.65. The van der Waals surface area contributed by atoms with E-state index in [0.29, 0.717) is 42.4 Å². The zero-order valence-electron chi connectivity index (χ0n) is 12.4. The number of anilines is 2. The van der Waals surface area contributed by atoms with Crippen LogP contribution in [0.15, 0.2) is 24.4 Å². The number of rotatable bonds is 3. The second-order valence-corrected chi connectivity index (χ2v) is 6.36. The normalized spacial score (nSPS) is 15.0. The van der Waals surface area contributed by atoms with Crippen molar-refractivity contribution in [2.75, 3.05) is 23.7 Å². The smallest absolute Gasteiger partial charge is 0.221 e. The first-order valence-corrected chi connectivity index (χ1v) is 8.10. The van der Waals surface area contributed by atoms with Crippen LogP contribution in [0.5, 0.6) is 0 Å². The molecule has 2 N–H and O–H groups in total. The van der Waals surface area contributed by atoms with Crippen LogP contribution in [-0.4, -0.2) is 28.8 Å². The summed E-state index contributed by atoms with van der Waals surface area (Å²) < 4.78 is 0. The highest BCUT2D eigenvalue weighted by Crippen LogP contribution is 2.28. The molecule has 0 aliphatic carbocycles. The zero-order valence-corrected chi connectivity index (χ0v) is 13.9. The molecule has 0 saturated carbocycles. The lowest BCUT2D eigenvalue weighted by molar-refractivity contribution is -0.119. The van der Waals surface area contributed by atoms with Gasteiger partial charge >= 0.3 is 0 Å². The van der Waals surface area contributed by atoms with E-state index in [1.807, 2.05) is 6.07 Å². The van der Waals surface area contributed by atoms with Gasteiger partial charge in [-0.15, -0.1) is 0 Å². The lowest BCUT2D eigenvalue weighted by Crippen LogP contribution is -2.35. The molecular formula is C16H16Cl2N4O. The summed E-state index contributed by atoms with van der Waals surface area (Å²) in [6, 6.07) is 5.42. The van der Waals surface area contributed by atoms with Crippen molar-refractivity contribution in [3.63, 3.8) is 0 Å². The number of hydrogen-bond acceptors (Lipinski definition) is 5. The van der Waals surface area contributed by atoms with Gasteiger partial charge in [-0.25, -0.2) is 4.98 Å². The van der Waals surface area contributed by atoms with Crippen LogP contribution in [0.3, 0.4) is 0 Å². The first-order valence-electron chi connectivity index (χ1n) is 7.35. The minimum Gasteiger partial charge on any atom is -0.368 e. The Balaban J connectivity index is 1.91. The number of ketones is 1. The molecular weight excluding hydrogens is 335 g/mol. The number of carbonyl (C=O) groups is 1. The number of hydrogen-bond donors (Lipinski definition) is 1. The molecule has 3 rings (SSSR count). The van der Waals surface area contributed by atoms with Gasteiger partial charge in [-0.3, -0.25) is 4.79 Å². The SMILES string of the molecule is Nc1ncc(Cc2ccc(Cl)cc2Cl)c(N2CCC(=O)CC2)n1. The van der Waals surface area contributed by atoms with Crippen molar-refractivity contribution in [3.8, 4) is 0 Å². The molecule has 5 nitrogen and oxygen atoms in total. The molecule has 0 amide bonds. The van der Waals surface area contributed by atoms with Gasteiger partial charge in [-0.2, -0.15) is 4.98 Å². The van der Waals surface area contributed by atoms with Crippen molar-refractivity contribution < 1.29 is 4.79 Å². The second kappa shape index (κ2) is 6.72. The fraction of sp³-hybridized carbons (Fsp3) is 0.312. The predicted molar refractivity (Wildman–Crippen MR) is 92.2 cm³/mol. The number of piperidine rings is 1. The molecule has 1 aliphatic rings. The largest absolute Gasteiger partial charge is 0.368 e. The molecule has 0 bridgehead atoms. The number of nitrogens with zero attached hydrogens (tertiary/aromatic N) is 3. The summed E-state index contributed by atoms with van der Waals surface area (Å²) in [5.74, 6) is 1.28. The van der Waals surface area contributed by atoms with Crippen LogP contribution in [0.4, 0.5) is 11.8 Å². The maximum Gasteiger partial charge on any atom is 0.221 e. The molecule has 1 saturated heterocycles. The highest BCUT2D eigenvalue weighted by molar-refractivity contribution is 6.35. The first kappa shape index (κ1) is 16.0. The van der Waals surface area contributed by atoms with Crippen LogP contribution in [-0.2, 0) is 11.2 Å². The molecule has 0 radical (unpaired) electrons. The van der Waals surface area contributed by atoms with E-state index in [1.165, 1.54) is 0 Å². The van der Waals surface area contributed by atoms with E-state index in [-0.39, 0.29) is 11.7 Å². The van der Waals surface area contributed by atoms with Gasteiger partial charge in [-0.1, -0.05) is 29.3 Å². The van der Waals surface area contributed by atoms with Crippen LogP contribution < -0.4 is 10.6 Å². The van der Waals surface area contributed by atoms with Crippen molar-refractivity contribution in [2.45, 2.75) is 19.3 Å². The maximum absolute atomic E-state index is 11.4. The summed E-state index contributed by atoms with van der Waals surface area (Å²) in [6.45, 7) is 1.30. The van der Waals surface area contributed by atoms with Gasteiger partial charge in [0.05, 0.1) is 0 Å². The highest BCUT2D eigenvalue weighted by atomic mass is 35.5. The van der Waals surface area contributed by atoms with Crippen molar-refractivity contribution in [1.29, 1.82) is 0 Å². The summed E-state index contributed by atoms with van der Waals surface area (Å²) in [7, 11) is 0. The third kappa shape index (κ3) is 3.74. The minimum absolute atomic E-state index is 0.225. The standard InChI is InChI=1S/C16H16Cl2N4O/c17-12-2-1-10(14(18)8-12)7-11-9-20-16(19)21-15(11)22-5-3-13(23)4-6-22/h1-2,8-9H,3-7H2,(H2,19,20,21). The van der Waals surface area contributed by atoms with E-state index >= 15 is 0 Å². The number of nitrogen functional groups attached to an aromatic ring is 1. The summed E-state index contributed by atoms with van der Waals surface area (Å²) in [5, 5.41) is 1.20. The lowest BCUT2D eigenvalue weighted by Gasteiger charge is -2.28. The summed E-state index contributed by atoms with van der Waals surface area (Å²) in [5.41, 5.74) is 7.62. The van der Waals surface area contributed by atoms with Crippen molar-refractivity contribution in [2.24, 2.45) is 0 Å². The Labute approximate surface area is 144 Å². The first-order chi connectivity index (χ1) is 11.0. The van der Waals surface area contributed by atoms with E-state index in [0.717, 1.165) is 16.9 Å². The predicted octanol–water partition coefficient (Wildman–Crippen LogP) is 3.13. The number of nitrogens with two attached hydrogens (primary N) is 1. The van der Waals surface area contributed by atoms with E-state index in [2.05, 4.69) is 14.9 Å².